The van der Waals surface area contributed by atoms with Gasteiger partial charge in [0.2, 0.25) is 0 Å². The van der Waals surface area contributed by atoms with Crippen LogP contribution in [0.3, 0.4) is 0 Å². The zero-order valence-electron chi connectivity index (χ0n) is 32.2. The highest BCUT2D eigenvalue weighted by molar-refractivity contribution is 6.74. The van der Waals surface area contributed by atoms with Crippen molar-refractivity contribution in [2.45, 2.75) is 132 Å². The average molecular weight is 777 g/mol. The summed E-state index contributed by atoms with van der Waals surface area (Å²) < 4.78 is 82.8. The summed E-state index contributed by atoms with van der Waals surface area (Å²) in [5.41, 5.74) is 1.95. The van der Waals surface area contributed by atoms with Crippen molar-refractivity contribution in [2.75, 3.05) is 40.8 Å². The summed E-state index contributed by atoms with van der Waals surface area (Å²) in [5, 5.41) is 10.5. The molecule has 5 heterocycles. The maximum atomic E-state index is 10.6. The van der Waals surface area contributed by atoms with Crippen LogP contribution in [0, 0.1) is 0 Å². The molecule has 15 heteroatoms. The molecule has 5 aliphatic rings. The first-order valence-corrected chi connectivity index (χ1v) is 21.7. The van der Waals surface area contributed by atoms with Crippen LogP contribution in [-0.2, 0) is 74.5 Å². The molecule has 0 aromatic heterocycles. The smallest absolute Gasteiger partial charge is 0.314 e. The standard InChI is InChI=1S/C39H56O14Si/c1-38(2,3)54(6,7)53-31-27(21-41-4)49-37(33(42-5)32(31)43-18-24-14-10-8-11-15-24)50-36-34(44-19-25-16-12-9-13-17-25)30-28(22-45-36)51-39(52-30)35-29(46-23-47-35)26(40)20-48-39/h8-17,26-37,40H,18-23H2,1-7H3/t26-,27-,28+,29+,30-,31-,32+,33+,34-,35-,36+,37+,39-/m1/s1. The van der Waals surface area contributed by atoms with Gasteiger partial charge in [0.15, 0.2) is 27.0 Å². The third-order valence-corrected chi connectivity index (χ3v) is 15.7. The van der Waals surface area contributed by atoms with E-state index in [0.29, 0.717) is 6.61 Å². The number of aliphatic hydroxyl groups excluding tert-OH is 1. The second-order valence-corrected chi connectivity index (χ2v) is 20.7. The van der Waals surface area contributed by atoms with E-state index >= 15 is 0 Å². The maximum Gasteiger partial charge on any atom is 0.314 e. The second-order valence-electron chi connectivity index (χ2n) is 16.0. The number of aliphatic hydroxyl groups is 1. The maximum absolute atomic E-state index is 10.6. The summed E-state index contributed by atoms with van der Waals surface area (Å²) in [7, 11) is 0.883. The molecule has 1 spiro atoms. The lowest BCUT2D eigenvalue weighted by Crippen LogP contribution is -2.65. The third-order valence-electron chi connectivity index (χ3n) is 11.3. The second kappa shape index (κ2) is 16.9. The first-order valence-electron chi connectivity index (χ1n) is 18.8. The Hall–Kier alpha value is -1.90. The number of benzene rings is 2. The van der Waals surface area contributed by atoms with E-state index < -0.39 is 87.9 Å². The van der Waals surface area contributed by atoms with Crippen LogP contribution in [0.15, 0.2) is 60.7 Å². The van der Waals surface area contributed by atoms with Crippen molar-refractivity contribution in [3.8, 4) is 0 Å². The van der Waals surface area contributed by atoms with Gasteiger partial charge in [-0.3, -0.25) is 0 Å². The van der Waals surface area contributed by atoms with Crippen molar-refractivity contribution in [1.29, 1.82) is 0 Å². The summed E-state index contributed by atoms with van der Waals surface area (Å²) in [6.45, 7) is 11.8. The average Bonchev–Trinajstić information content (AvgIpc) is 3.81. The van der Waals surface area contributed by atoms with Gasteiger partial charge in [0.25, 0.3) is 0 Å². The monoisotopic (exact) mass is 776 g/mol. The molecule has 1 N–H and O–H groups in total. The van der Waals surface area contributed by atoms with Crippen LogP contribution in [0.5, 0.6) is 0 Å². The predicted octanol–water partition coefficient (Wildman–Crippen LogP) is 3.88. The van der Waals surface area contributed by atoms with E-state index in [1.807, 2.05) is 60.7 Å². The van der Waals surface area contributed by atoms with Crippen LogP contribution in [0.1, 0.15) is 31.9 Å². The normalized spacial score (nSPS) is 38.4. The minimum absolute atomic E-state index is 0.0244. The lowest BCUT2D eigenvalue weighted by atomic mass is 9.98. The Kier molecular flexibility index (Phi) is 12.6. The van der Waals surface area contributed by atoms with Crippen molar-refractivity contribution in [3.63, 3.8) is 0 Å². The molecule has 0 radical (unpaired) electrons. The fourth-order valence-electron chi connectivity index (χ4n) is 7.33. The molecule has 5 aliphatic heterocycles. The van der Waals surface area contributed by atoms with Crippen molar-refractivity contribution >= 4 is 8.32 Å². The lowest BCUT2D eigenvalue weighted by Gasteiger charge is -2.50. The molecule has 0 aliphatic carbocycles. The number of hydrogen-bond acceptors (Lipinski definition) is 14. The Labute approximate surface area is 318 Å². The molecule has 14 nitrogen and oxygen atoms in total. The summed E-state index contributed by atoms with van der Waals surface area (Å²) >= 11 is 0. The summed E-state index contributed by atoms with van der Waals surface area (Å²) in [6.07, 6.45) is -9.01. The molecule has 2 aromatic carbocycles. The molecule has 0 amide bonds. The fraction of sp³-hybridized carbons (Fsp3) is 0.692. The van der Waals surface area contributed by atoms with Crippen LogP contribution in [0.4, 0.5) is 0 Å². The zero-order chi connectivity index (χ0) is 38.1. The Morgan fingerprint density at radius 1 is 0.778 bits per heavy atom. The van der Waals surface area contributed by atoms with E-state index in [1.165, 1.54) is 0 Å². The molecule has 5 fully saturated rings. The first kappa shape index (κ1) is 40.3. The molecule has 7 rings (SSSR count). The van der Waals surface area contributed by atoms with E-state index in [0.717, 1.165) is 11.1 Å². The Balaban J connectivity index is 1.17. The van der Waals surface area contributed by atoms with Gasteiger partial charge in [0.05, 0.1) is 33.0 Å². The zero-order valence-corrected chi connectivity index (χ0v) is 33.2. The number of fused-ring (bicyclic) bond motifs is 3. The molecular formula is C39H56O14Si. The number of rotatable bonds is 13. The van der Waals surface area contributed by atoms with E-state index in [2.05, 4.69) is 33.9 Å². The van der Waals surface area contributed by atoms with Crippen molar-refractivity contribution in [3.05, 3.63) is 71.8 Å². The van der Waals surface area contributed by atoms with Crippen LogP contribution >= 0.6 is 0 Å². The fourth-order valence-corrected chi connectivity index (χ4v) is 8.65. The van der Waals surface area contributed by atoms with E-state index in [1.54, 1.807) is 14.2 Å². The Morgan fingerprint density at radius 2 is 1.44 bits per heavy atom. The molecule has 2 aromatic rings. The minimum Gasteiger partial charge on any atom is -0.408 e. The van der Waals surface area contributed by atoms with Crippen molar-refractivity contribution in [1.82, 2.24) is 0 Å². The predicted molar refractivity (Wildman–Crippen MR) is 193 cm³/mol. The van der Waals surface area contributed by atoms with Gasteiger partial charge in [-0.25, -0.2) is 0 Å². The molecule has 13 atom stereocenters. The molecule has 5 saturated heterocycles. The van der Waals surface area contributed by atoms with Crippen LogP contribution in [-0.4, -0.2) is 134 Å². The topological polar surface area (TPSA) is 140 Å². The van der Waals surface area contributed by atoms with Gasteiger partial charge in [-0.15, -0.1) is 0 Å². The van der Waals surface area contributed by atoms with Crippen molar-refractivity contribution in [2.24, 2.45) is 0 Å². The van der Waals surface area contributed by atoms with Gasteiger partial charge in [-0.2, -0.15) is 0 Å². The third kappa shape index (κ3) is 8.37. The van der Waals surface area contributed by atoms with Crippen LogP contribution < -0.4 is 0 Å². The van der Waals surface area contributed by atoms with Gasteiger partial charge < -0.3 is 66.4 Å². The molecule has 0 unspecified atom stereocenters. The highest BCUT2D eigenvalue weighted by Crippen LogP contribution is 2.46. The highest BCUT2D eigenvalue weighted by atomic mass is 28.4. The van der Waals surface area contributed by atoms with Gasteiger partial charge in [0, 0.05) is 14.2 Å². The number of ether oxygens (including phenoxy) is 12. The SMILES string of the molecule is COC[C@H]1O[C@@H](O[C@@H]2OC[C@@H]3O[C@@]4(OC[C@@H](O)[C@@H]5OCO[C@H]54)O[C@H]3[C@H]2OCc2ccccc2)[C@@H](OC)[C@@H](OCc2ccccc2)[C@@H]1O[Si](C)(C)C(C)(C)C. The summed E-state index contributed by atoms with van der Waals surface area (Å²) in [4.78, 5) is 0. The van der Waals surface area contributed by atoms with Crippen molar-refractivity contribution < 1.29 is 66.4 Å². The molecule has 54 heavy (non-hydrogen) atoms. The summed E-state index contributed by atoms with van der Waals surface area (Å²) in [6, 6.07) is 19.8. The minimum atomic E-state index is -2.36. The molecular weight excluding hydrogens is 721 g/mol. The highest BCUT2D eigenvalue weighted by Gasteiger charge is 2.66. The van der Waals surface area contributed by atoms with E-state index in [-0.39, 0.29) is 38.3 Å². The van der Waals surface area contributed by atoms with Crippen LogP contribution in [0.25, 0.3) is 0 Å². The molecule has 0 bridgehead atoms. The Bertz CT molecular complexity index is 1480. The van der Waals surface area contributed by atoms with Gasteiger partial charge in [-0.1, -0.05) is 81.4 Å². The van der Waals surface area contributed by atoms with Gasteiger partial charge >= 0.3 is 5.97 Å². The quantitative estimate of drug-likeness (QED) is 0.295. The number of hydrogen-bond donors (Lipinski definition) is 1. The van der Waals surface area contributed by atoms with Crippen LogP contribution in [0.2, 0.25) is 18.1 Å². The molecule has 0 saturated carbocycles. The number of methoxy groups -OCH3 is 2. The first-order chi connectivity index (χ1) is 25.9. The summed E-state index contributed by atoms with van der Waals surface area (Å²) in [5.74, 6) is -1.63. The van der Waals surface area contributed by atoms with E-state index in [9.17, 15) is 5.11 Å². The largest absolute Gasteiger partial charge is 0.408 e. The van der Waals surface area contributed by atoms with Gasteiger partial charge in [-0.05, 0) is 29.3 Å². The van der Waals surface area contributed by atoms with Gasteiger partial charge in [0.1, 0.15) is 61.7 Å². The van der Waals surface area contributed by atoms with E-state index in [4.69, 9.17) is 61.3 Å². The lowest BCUT2D eigenvalue weighted by molar-refractivity contribution is -0.406. The Morgan fingerprint density at radius 3 is 2.07 bits per heavy atom. The molecule has 300 valence electrons.